The van der Waals surface area contributed by atoms with Gasteiger partial charge in [0.15, 0.2) is 5.78 Å². The van der Waals surface area contributed by atoms with Crippen LogP contribution >= 0.6 is 0 Å². The average molecular weight is 397 g/mol. The lowest BCUT2D eigenvalue weighted by atomic mass is 10.1. The molecule has 0 fully saturated rings. The fourth-order valence-electron chi connectivity index (χ4n) is 3.43. The fraction of sp³-hybridized carbons (Fsp3) is 0.333. The van der Waals surface area contributed by atoms with Gasteiger partial charge in [-0.25, -0.2) is 9.78 Å². The first-order chi connectivity index (χ1) is 13.8. The zero-order chi connectivity index (χ0) is 21.3. The van der Waals surface area contributed by atoms with Crippen LogP contribution in [0.5, 0.6) is 0 Å². The average Bonchev–Trinajstić information content (AvgIpc) is 3.16. The summed E-state index contributed by atoms with van der Waals surface area (Å²) < 4.78 is 13.6. The first-order valence-electron chi connectivity index (χ1n) is 9.26. The van der Waals surface area contributed by atoms with Gasteiger partial charge in [-0.1, -0.05) is 6.08 Å². The lowest BCUT2D eigenvalue weighted by Gasteiger charge is -2.07. The largest absolute Gasteiger partial charge is 0.462 e. The van der Waals surface area contributed by atoms with E-state index in [1.165, 1.54) is 10.9 Å². The molecule has 0 unspecified atom stereocenters. The second-order valence-corrected chi connectivity index (χ2v) is 6.72. The van der Waals surface area contributed by atoms with Crippen molar-refractivity contribution >= 4 is 22.9 Å². The lowest BCUT2D eigenvalue weighted by Crippen LogP contribution is -2.25. The number of hydrogen-bond acceptors (Lipinski definition) is 6. The molecule has 8 heteroatoms. The van der Waals surface area contributed by atoms with Gasteiger partial charge in [0.05, 0.1) is 13.2 Å². The van der Waals surface area contributed by atoms with Crippen LogP contribution < -0.4 is 5.56 Å². The van der Waals surface area contributed by atoms with E-state index in [9.17, 15) is 14.4 Å². The summed E-state index contributed by atoms with van der Waals surface area (Å²) in [5, 5.41) is 0.0216. The number of allylic oxidation sites excluding steroid dienone is 1. The number of nitrogens with zero attached hydrogens (tertiary/aromatic N) is 3. The second-order valence-electron chi connectivity index (χ2n) is 6.72. The molecule has 3 aromatic rings. The maximum absolute atomic E-state index is 13.0. The van der Waals surface area contributed by atoms with Gasteiger partial charge in [-0.2, -0.15) is 0 Å². The normalized spacial score (nSPS) is 11.0. The minimum atomic E-state index is -0.653. The summed E-state index contributed by atoms with van der Waals surface area (Å²) in [7, 11) is 0. The Morgan fingerprint density at radius 3 is 2.69 bits per heavy atom. The SMILES string of the molecule is C=CCn1c(C)cc(C(=O)Cn2cnc3oc(C)c(C(=O)OCC)c3c2=O)c1C. The Morgan fingerprint density at radius 2 is 2.03 bits per heavy atom. The number of aryl methyl sites for hydroxylation is 2. The van der Waals surface area contributed by atoms with Gasteiger partial charge in [-0.3, -0.25) is 14.2 Å². The summed E-state index contributed by atoms with van der Waals surface area (Å²) >= 11 is 0. The molecule has 0 aliphatic heterocycles. The van der Waals surface area contributed by atoms with Crippen LogP contribution in [-0.2, 0) is 17.8 Å². The molecule has 3 heterocycles. The summed E-state index contributed by atoms with van der Waals surface area (Å²) in [6.45, 7) is 11.3. The summed E-state index contributed by atoms with van der Waals surface area (Å²) in [4.78, 5) is 42.2. The molecule has 3 aromatic heterocycles. The van der Waals surface area contributed by atoms with E-state index >= 15 is 0 Å². The smallest absolute Gasteiger partial charge is 0.342 e. The van der Waals surface area contributed by atoms with Gasteiger partial charge < -0.3 is 13.7 Å². The number of ether oxygens (including phenoxy) is 1. The standard InChI is InChI=1S/C21H23N3O5/c1-6-8-24-12(3)9-15(13(24)4)16(25)10-23-11-22-19-18(20(23)26)17(14(5)29-19)21(27)28-7-2/h6,9,11H,1,7-8,10H2,2-5H3. The van der Waals surface area contributed by atoms with Crippen LogP contribution in [-0.4, -0.2) is 32.5 Å². The predicted molar refractivity (Wildman–Crippen MR) is 107 cm³/mol. The van der Waals surface area contributed by atoms with Gasteiger partial charge in [-0.05, 0) is 33.8 Å². The van der Waals surface area contributed by atoms with E-state index < -0.39 is 11.5 Å². The van der Waals surface area contributed by atoms with Gasteiger partial charge in [0.1, 0.15) is 23.0 Å². The Labute approximate surface area is 167 Å². The minimum Gasteiger partial charge on any atom is -0.462 e. The Morgan fingerprint density at radius 1 is 1.31 bits per heavy atom. The van der Waals surface area contributed by atoms with E-state index in [-0.39, 0.29) is 41.4 Å². The predicted octanol–water partition coefficient (Wildman–Crippen LogP) is 2.96. The third-order valence-corrected chi connectivity index (χ3v) is 4.83. The quantitative estimate of drug-likeness (QED) is 0.345. The molecule has 0 radical (unpaired) electrons. The number of ketones is 1. The summed E-state index contributed by atoms with van der Waals surface area (Å²) in [6.07, 6.45) is 3.01. The maximum atomic E-state index is 13.0. The Kier molecular flexibility index (Phi) is 5.54. The molecule has 0 aromatic carbocycles. The highest BCUT2D eigenvalue weighted by molar-refractivity contribution is 6.03. The number of carbonyl (C=O) groups is 2. The van der Waals surface area contributed by atoms with Gasteiger partial charge in [0, 0.05) is 23.5 Å². The van der Waals surface area contributed by atoms with E-state index in [0.717, 1.165) is 11.4 Å². The van der Waals surface area contributed by atoms with Crippen LogP contribution in [0.4, 0.5) is 0 Å². The van der Waals surface area contributed by atoms with Crippen molar-refractivity contribution in [2.75, 3.05) is 6.61 Å². The van der Waals surface area contributed by atoms with Gasteiger partial charge in [0.2, 0.25) is 5.71 Å². The van der Waals surface area contributed by atoms with Crippen molar-refractivity contribution in [3.05, 3.63) is 63.7 Å². The minimum absolute atomic E-state index is 0.0216. The monoisotopic (exact) mass is 397 g/mol. The van der Waals surface area contributed by atoms with Crippen LogP contribution in [0.25, 0.3) is 11.1 Å². The molecule has 3 rings (SSSR count). The molecule has 0 atom stereocenters. The Balaban J connectivity index is 2.02. The molecule has 0 aliphatic rings. The fourth-order valence-corrected chi connectivity index (χ4v) is 3.43. The molecule has 8 nitrogen and oxygen atoms in total. The molecule has 0 saturated carbocycles. The Hall–Kier alpha value is -3.42. The van der Waals surface area contributed by atoms with Gasteiger partial charge in [0.25, 0.3) is 5.56 Å². The number of Topliss-reactive ketones (excluding diaryl/α,β-unsaturated/α-hetero) is 1. The molecular weight excluding hydrogens is 374 g/mol. The van der Waals surface area contributed by atoms with Crippen molar-refractivity contribution in [3.63, 3.8) is 0 Å². The van der Waals surface area contributed by atoms with E-state index in [2.05, 4.69) is 11.6 Å². The van der Waals surface area contributed by atoms with Crippen LogP contribution in [0.2, 0.25) is 0 Å². The van der Waals surface area contributed by atoms with E-state index in [4.69, 9.17) is 9.15 Å². The number of fused-ring (bicyclic) bond motifs is 1. The van der Waals surface area contributed by atoms with Gasteiger partial charge >= 0.3 is 5.97 Å². The van der Waals surface area contributed by atoms with Crippen LogP contribution in [0, 0.1) is 20.8 Å². The van der Waals surface area contributed by atoms with Crippen LogP contribution in [0.3, 0.4) is 0 Å². The van der Waals surface area contributed by atoms with E-state index in [1.54, 1.807) is 26.0 Å². The Bertz CT molecular complexity index is 1180. The number of aromatic nitrogens is 3. The van der Waals surface area contributed by atoms with E-state index in [1.807, 2.05) is 18.4 Å². The van der Waals surface area contributed by atoms with Crippen LogP contribution in [0.15, 0.2) is 34.3 Å². The molecule has 152 valence electrons. The zero-order valence-corrected chi connectivity index (χ0v) is 16.9. The van der Waals surface area contributed by atoms with Crippen molar-refractivity contribution in [3.8, 4) is 0 Å². The third-order valence-electron chi connectivity index (χ3n) is 4.83. The van der Waals surface area contributed by atoms with Crippen molar-refractivity contribution in [2.45, 2.75) is 40.8 Å². The molecule has 0 saturated heterocycles. The molecule has 0 N–H and O–H groups in total. The number of hydrogen-bond donors (Lipinski definition) is 0. The topological polar surface area (TPSA) is 96.3 Å². The van der Waals surface area contributed by atoms with Gasteiger partial charge in [-0.15, -0.1) is 6.58 Å². The number of esters is 1. The first kappa shape index (κ1) is 20.3. The summed E-state index contributed by atoms with van der Waals surface area (Å²) in [6, 6.07) is 1.80. The maximum Gasteiger partial charge on any atom is 0.342 e. The van der Waals surface area contributed by atoms with Crippen molar-refractivity contribution in [1.82, 2.24) is 14.1 Å². The number of carbonyl (C=O) groups excluding carboxylic acids is 2. The third kappa shape index (κ3) is 3.53. The lowest BCUT2D eigenvalue weighted by molar-refractivity contribution is 0.0526. The molecule has 0 spiro atoms. The summed E-state index contributed by atoms with van der Waals surface area (Å²) in [5.41, 5.74) is 1.84. The molecule has 0 amide bonds. The molecular formula is C21H23N3O5. The highest BCUT2D eigenvalue weighted by atomic mass is 16.5. The highest BCUT2D eigenvalue weighted by Crippen LogP contribution is 2.22. The number of furan rings is 1. The van der Waals surface area contributed by atoms with Crippen LogP contribution in [0.1, 0.15) is 44.8 Å². The second kappa shape index (κ2) is 7.90. The molecule has 29 heavy (non-hydrogen) atoms. The van der Waals surface area contributed by atoms with Crippen molar-refractivity contribution < 1.29 is 18.7 Å². The highest BCUT2D eigenvalue weighted by Gasteiger charge is 2.25. The number of rotatable bonds is 7. The van der Waals surface area contributed by atoms with Crippen molar-refractivity contribution in [1.29, 1.82) is 0 Å². The molecule has 0 bridgehead atoms. The van der Waals surface area contributed by atoms with Crippen molar-refractivity contribution in [2.24, 2.45) is 0 Å². The van der Waals surface area contributed by atoms with E-state index in [0.29, 0.717) is 12.1 Å². The first-order valence-corrected chi connectivity index (χ1v) is 9.26. The molecule has 0 aliphatic carbocycles. The zero-order valence-electron chi connectivity index (χ0n) is 16.9. The summed E-state index contributed by atoms with van der Waals surface area (Å²) in [5.74, 6) is -0.630.